The average Bonchev–Trinajstić information content (AvgIpc) is 3.48. The van der Waals surface area contributed by atoms with Crippen molar-refractivity contribution < 1.29 is 40.7 Å². The van der Waals surface area contributed by atoms with Crippen molar-refractivity contribution in [2.24, 2.45) is 0 Å². The van der Waals surface area contributed by atoms with E-state index in [9.17, 15) is 36.0 Å². The molecule has 0 saturated carbocycles. The number of sulfonamides is 1. The molecule has 0 N–H and O–H groups in total. The van der Waals surface area contributed by atoms with Crippen LogP contribution in [0.25, 0.3) is 17.0 Å². The highest BCUT2D eigenvalue weighted by molar-refractivity contribution is 8.18. The molecule has 2 amide bonds. The number of rotatable bonds is 9. The van der Waals surface area contributed by atoms with Gasteiger partial charge in [-0.05, 0) is 66.1 Å². The molecule has 2 aromatic carbocycles. The molecule has 10 nitrogen and oxygen atoms in total. The van der Waals surface area contributed by atoms with E-state index in [0.717, 1.165) is 6.07 Å². The number of piperidine rings is 1. The first-order valence-corrected chi connectivity index (χ1v) is 16.1. The van der Waals surface area contributed by atoms with Gasteiger partial charge in [-0.25, -0.2) is 12.7 Å². The Labute approximate surface area is 259 Å². The number of methoxy groups -OCH3 is 1. The average molecular weight is 671 g/mol. The third-order valence-corrected chi connectivity index (χ3v) is 10.3. The predicted molar refractivity (Wildman–Crippen MR) is 158 cm³/mol. The number of ketones is 1. The zero-order valence-corrected chi connectivity index (χ0v) is 25.6. The van der Waals surface area contributed by atoms with Gasteiger partial charge in [0.25, 0.3) is 11.1 Å². The molecular weight excluding hydrogens is 645 g/mol. The van der Waals surface area contributed by atoms with E-state index in [-0.39, 0.29) is 41.2 Å². The van der Waals surface area contributed by atoms with Crippen molar-refractivity contribution in [1.29, 1.82) is 0 Å². The Morgan fingerprint density at radius 3 is 2.57 bits per heavy atom. The molecule has 2 fully saturated rings. The lowest BCUT2D eigenvalue weighted by Gasteiger charge is -2.30. The largest absolute Gasteiger partial charge is 0.416 e. The number of alkyl halides is 3. The molecule has 0 spiro atoms. The summed E-state index contributed by atoms with van der Waals surface area (Å²) in [5.74, 6) is -2.34. The highest BCUT2D eigenvalue weighted by Gasteiger charge is 2.38. The first-order valence-electron chi connectivity index (χ1n) is 13.3. The summed E-state index contributed by atoms with van der Waals surface area (Å²) in [7, 11) is -2.36. The highest BCUT2D eigenvalue weighted by Crippen LogP contribution is 2.35. The van der Waals surface area contributed by atoms with Gasteiger partial charge in [0, 0.05) is 30.6 Å². The minimum Gasteiger partial charge on any atom is -0.381 e. The third-order valence-electron chi connectivity index (χ3n) is 7.34. The fourth-order valence-corrected chi connectivity index (χ4v) is 7.54. The first-order chi connectivity index (χ1) is 20.7. The van der Waals surface area contributed by atoms with Crippen LogP contribution < -0.4 is 0 Å². The number of imide groups is 1. The van der Waals surface area contributed by atoms with Gasteiger partial charge in [-0.2, -0.15) is 18.3 Å². The molecule has 3 aromatic rings. The third kappa shape index (κ3) is 7.01. The quantitative estimate of drug-likeness (QED) is 0.298. The van der Waals surface area contributed by atoms with E-state index in [1.54, 1.807) is 25.3 Å². The topological polar surface area (TPSA) is 119 Å². The maximum atomic E-state index is 13.5. The number of thioether (sulfide) groups is 1. The summed E-state index contributed by atoms with van der Waals surface area (Å²) in [5, 5.41) is 4.06. The molecule has 44 heavy (non-hydrogen) atoms. The van der Waals surface area contributed by atoms with Gasteiger partial charge in [-0.3, -0.25) is 24.0 Å². The van der Waals surface area contributed by atoms with Gasteiger partial charge in [0.2, 0.25) is 10.0 Å². The summed E-state index contributed by atoms with van der Waals surface area (Å²) in [6, 6.07) is 8.45. The molecule has 234 valence electrons. The van der Waals surface area contributed by atoms with Crippen molar-refractivity contribution in [2.45, 2.75) is 31.7 Å². The Hall–Kier alpha value is -3.24. The number of halogens is 4. The molecule has 0 atom stereocenters. The Morgan fingerprint density at radius 2 is 1.89 bits per heavy atom. The van der Waals surface area contributed by atoms with E-state index in [1.807, 2.05) is 0 Å². The number of ether oxygens (including phenoxy) is 1. The number of amides is 2. The Morgan fingerprint density at radius 1 is 1.16 bits per heavy atom. The zero-order chi connectivity index (χ0) is 31.8. The lowest BCUT2D eigenvalue weighted by molar-refractivity contribution is -0.138. The number of carbonyl (C=O) groups excluding carboxylic acids is 3. The van der Waals surface area contributed by atoms with Crippen LogP contribution >= 0.6 is 23.4 Å². The normalized spacial score (nSPS) is 18.2. The Balaban J connectivity index is 1.26. The zero-order valence-electron chi connectivity index (χ0n) is 23.2. The first kappa shape index (κ1) is 32.2. The molecule has 5 rings (SSSR count). The molecule has 0 unspecified atom stereocenters. The number of benzene rings is 2. The van der Waals surface area contributed by atoms with E-state index in [2.05, 4.69) is 5.10 Å². The van der Waals surface area contributed by atoms with Crippen LogP contribution in [0.1, 0.15) is 29.5 Å². The van der Waals surface area contributed by atoms with Crippen LogP contribution in [0.2, 0.25) is 5.02 Å². The van der Waals surface area contributed by atoms with Crippen molar-refractivity contribution in [1.82, 2.24) is 19.0 Å². The summed E-state index contributed by atoms with van der Waals surface area (Å²) in [6.45, 7) is -0.399. The standard InChI is InChI=1S/C28H26ClF3N4O6S2/c1-42-22-6-8-34(9-7-22)44(40,41)16-21(37)15-35-26(38)25(43-27(35)39)11-17-2-5-24-19(10-17)13-33-36(24)14-18-3-4-20(29)12-23(18)28(30,31)32/h2-5,10-13,22H,6-9,14-16H2,1H3/b25-11-. The van der Waals surface area contributed by atoms with Gasteiger partial charge in [-0.15, -0.1) is 0 Å². The van der Waals surface area contributed by atoms with E-state index in [4.69, 9.17) is 16.3 Å². The fraction of sp³-hybridized carbons (Fsp3) is 0.357. The van der Waals surface area contributed by atoms with Crippen LogP contribution in [0, 0.1) is 0 Å². The van der Waals surface area contributed by atoms with Gasteiger partial charge in [0.1, 0.15) is 5.75 Å². The maximum Gasteiger partial charge on any atom is 0.416 e. The minimum absolute atomic E-state index is 0.0114. The summed E-state index contributed by atoms with van der Waals surface area (Å²) in [5.41, 5.74) is 0.182. The van der Waals surface area contributed by atoms with Gasteiger partial charge in [0.15, 0.2) is 5.78 Å². The monoisotopic (exact) mass is 670 g/mol. The van der Waals surface area contributed by atoms with Gasteiger partial charge in [0.05, 0.1) is 41.4 Å². The number of nitrogens with zero attached hydrogens (tertiary/aromatic N) is 4. The molecule has 0 radical (unpaired) electrons. The molecule has 2 aliphatic rings. The van der Waals surface area contributed by atoms with Crippen LogP contribution in [0.5, 0.6) is 0 Å². The maximum absolute atomic E-state index is 13.5. The van der Waals surface area contributed by atoms with E-state index in [1.165, 1.54) is 33.4 Å². The molecule has 0 aliphatic carbocycles. The number of Topliss-reactive ketones (excluding diaryl/α,β-unsaturated/α-hetero) is 1. The van der Waals surface area contributed by atoms with Crippen LogP contribution in [-0.2, 0) is 37.1 Å². The SMILES string of the molecule is COC1CCN(S(=O)(=O)CC(=O)CN2C(=O)S/C(=C\c3ccc4c(cnn4Cc4ccc(Cl)cc4C(F)(F)F)c3)C2=O)CC1. The number of carbonyl (C=O) groups is 3. The van der Waals surface area contributed by atoms with Gasteiger partial charge in [-0.1, -0.05) is 23.7 Å². The van der Waals surface area contributed by atoms with Crippen molar-refractivity contribution in [3.05, 3.63) is 69.2 Å². The molecule has 2 aliphatic heterocycles. The number of hydrogen-bond donors (Lipinski definition) is 0. The summed E-state index contributed by atoms with van der Waals surface area (Å²) < 4.78 is 73.9. The van der Waals surface area contributed by atoms with Crippen LogP contribution in [0.4, 0.5) is 18.0 Å². The number of hydrogen-bond acceptors (Lipinski definition) is 8. The van der Waals surface area contributed by atoms with E-state index in [0.29, 0.717) is 46.0 Å². The Bertz CT molecular complexity index is 1770. The van der Waals surface area contributed by atoms with Gasteiger partial charge < -0.3 is 4.74 Å². The molecule has 0 bridgehead atoms. The van der Waals surface area contributed by atoms with Crippen molar-refractivity contribution in [3.8, 4) is 0 Å². The van der Waals surface area contributed by atoms with E-state index < -0.39 is 51.0 Å². The second-order valence-electron chi connectivity index (χ2n) is 10.3. The van der Waals surface area contributed by atoms with Crippen LogP contribution in [0.3, 0.4) is 0 Å². The lowest BCUT2D eigenvalue weighted by Crippen LogP contribution is -2.44. The van der Waals surface area contributed by atoms with Crippen molar-refractivity contribution in [3.63, 3.8) is 0 Å². The number of fused-ring (bicyclic) bond motifs is 1. The highest BCUT2D eigenvalue weighted by atomic mass is 35.5. The molecule has 2 saturated heterocycles. The second kappa shape index (κ2) is 12.6. The smallest absolute Gasteiger partial charge is 0.381 e. The van der Waals surface area contributed by atoms with Crippen LogP contribution in [-0.4, -0.2) is 82.9 Å². The summed E-state index contributed by atoms with van der Waals surface area (Å²) >= 11 is 6.40. The summed E-state index contributed by atoms with van der Waals surface area (Å²) in [4.78, 5) is 38.9. The summed E-state index contributed by atoms with van der Waals surface area (Å²) in [6.07, 6.45) is -0.712. The van der Waals surface area contributed by atoms with Crippen molar-refractivity contribution >= 4 is 67.3 Å². The van der Waals surface area contributed by atoms with E-state index >= 15 is 0 Å². The predicted octanol–water partition coefficient (Wildman–Crippen LogP) is 4.80. The Kier molecular flexibility index (Phi) is 9.23. The van der Waals surface area contributed by atoms with Crippen LogP contribution in [0.15, 0.2) is 47.5 Å². The number of aromatic nitrogens is 2. The van der Waals surface area contributed by atoms with Crippen molar-refractivity contribution in [2.75, 3.05) is 32.5 Å². The second-order valence-corrected chi connectivity index (χ2v) is 13.7. The lowest BCUT2D eigenvalue weighted by atomic mass is 10.1. The molecule has 1 aromatic heterocycles. The molecule has 3 heterocycles. The minimum atomic E-state index is -4.60. The molecular formula is C28H26ClF3N4O6S2. The van der Waals surface area contributed by atoms with Gasteiger partial charge >= 0.3 is 6.18 Å². The molecule has 16 heteroatoms. The fourth-order valence-electron chi connectivity index (χ4n) is 5.08.